The quantitative estimate of drug-likeness (QED) is 0.0458. The number of carboxylic acid groups (broad SMARTS) is 8. The summed E-state index contributed by atoms with van der Waals surface area (Å²) in [7, 11) is 0. The van der Waals surface area contributed by atoms with Gasteiger partial charge in [0, 0.05) is 26.2 Å². The van der Waals surface area contributed by atoms with Crippen molar-refractivity contribution in [3.05, 3.63) is 0 Å². The van der Waals surface area contributed by atoms with Crippen molar-refractivity contribution in [1.82, 2.24) is 44.2 Å². The molecule has 0 heterocycles. The van der Waals surface area contributed by atoms with E-state index in [1.165, 1.54) is 0 Å². The molecule has 0 bridgehead atoms. The van der Waals surface area contributed by atoms with Crippen molar-refractivity contribution in [1.29, 1.82) is 0 Å². The number of rotatable bonds is 22. The molecule has 20 N–H and O–H groups in total. The average Bonchev–Trinajstić information content (AvgIpc) is 2.72. The molecule has 0 radical (unpaired) electrons. The molecule has 0 spiro atoms. The van der Waals surface area contributed by atoms with Crippen molar-refractivity contribution in [2.45, 2.75) is 0 Å². The van der Waals surface area contributed by atoms with Crippen molar-refractivity contribution in [3.8, 4) is 0 Å². The van der Waals surface area contributed by atoms with E-state index < -0.39 is 100 Å². The van der Waals surface area contributed by atoms with E-state index >= 15 is 0 Å². The van der Waals surface area contributed by atoms with Crippen LogP contribution in [0.3, 0.4) is 0 Å². The molecule has 268 valence electrons. The minimum atomic E-state index is -1.23. The predicted octanol–water partition coefficient (Wildman–Crippen LogP) is -6.09. The van der Waals surface area contributed by atoms with E-state index in [-0.39, 0.29) is 169 Å². The summed E-state index contributed by atoms with van der Waals surface area (Å²) in [6.07, 6.45) is 0. The second-order valence-corrected chi connectivity index (χ2v) is 7.99. The van der Waals surface area contributed by atoms with Gasteiger partial charge < -0.3 is 65.5 Å². The summed E-state index contributed by atoms with van der Waals surface area (Å²) in [5, 5.41) is 68.9. The number of carbonyl (C=O) groups is 8. The van der Waals surface area contributed by atoms with E-state index in [4.69, 9.17) is 40.9 Å². The molecule has 0 aromatic rings. The monoisotopic (exact) mass is 748 g/mol. The van der Waals surface area contributed by atoms with Gasteiger partial charge in [-0.3, -0.25) is 58.0 Å². The number of hydrogen-bond acceptors (Lipinski definition) is 16. The van der Waals surface area contributed by atoms with Crippen molar-refractivity contribution in [2.75, 3.05) is 78.5 Å². The van der Waals surface area contributed by atoms with Crippen LogP contribution in [0.15, 0.2) is 0 Å². The van der Waals surface area contributed by atoms with Gasteiger partial charge in [0.15, 0.2) is 0 Å². The normalized spacial score (nSPS) is 8.92. The molecule has 0 aromatic heterocycles. The molecular formula is C20H48N8Na4O16. The van der Waals surface area contributed by atoms with Crippen molar-refractivity contribution < 1.29 is 79.2 Å². The molecule has 0 aliphatic rings. The summed E-state index contributed by atoms with van der Waals surface area (Å²) in [4.78, 5) is 88.7. The summed E-state index contributed by atoms with van der Waals surface area (Å²) in [6, 6.07) is 0. The van der Waals surface area contributed by atoms with Crippen LogP contribution in [0.2, 0.25) is 0 Å². The van der Waals surface area contributed by atoms with Crippen molar-refractivity contribution in [3.63, 3.8) is 0 Å². The fourth-order valence-electron chi connectivity index (χ4n) is 2.95. The third-order valence-corrected chi connectivity index (χ3v) is 4.34. The first kappa shape index (κ1) is 73.0. The van der Waals surface area contributed by atoms with Crippen LogP contribution in [0.4, 0.5) is 0 Å². The number of hydrogen-bond donors (Lipinski definition) is 12. The van der Waals surface area contributed by atoms with E-state index in [1.807, 2.05) is 0 Å². The Morgan fingerprint density at radius 3 is 0.417 bits per heavy atom. The molecular weight excluding hydrogens is 700 g/mol. The van der Waals surface area contributed by atoms with Crippen LogP contribution in [0.25, 0.3) is 0 Å². The van der Waals surface area contributed by atoms with Gasteiger partial charge in [-0.1, -0.05) is 0 Å². The van der Waals surface area contributed by atoms with Gasteiger partial charge in [-0.2, -0.15) is 0 Å². The van der Waals surface area contributed by atoms with Gasteiger partial charge in [-0.25, -0.2) is 0 Å². The van der Waals surface area contributed by atoms with Gasteiger partial charge in [0.1, 0.15) is 0 Å². The second-order valence-electron chi connectivity index (χ2n) is 7.99. The summed E-state index contributed by atoms with van der Waals surface area (Å²) in [5.41, 5.74) is 0. The fraction of sp³-hybridized carbons (Fsp3) is 0.600. The van der Waals surface area contributed by atoms with Gasteiger partial charge in [0.2, 0.25) is 0 Å². The third kappa shape index (κ3) is 52.3. The number of nitrogens with zero attached hydrogens (tertiary/aromatic N) is 4. The first-order chi connectivity index (χ1) is 18.4. The maximum absolute atomic E-state index is 10.6. The molecule has 0 unspecified atom stereocenters. The molecule has 0 fully saturated rings. The zero-order chi connectivity index (χ0) is 31.4. The molecule has 0 aromatic carbocycles. The van der Waals surface area contributed by atoms with E-state index in [9.17, 15) is 38.4 Å². The Bertz CT molecular complexity index is 734. The maximum atomic E-state index is 10.6. The summed E-state index contributed by atoms with van der Waals surface area (Å²) >= 11 is 0. The summed E-state index contributed by atoms with van der Waals surface area (Å²) < 4.78 is 0. The van der Waals surface area contributed by atoms with E-state index in [2.05, 4.69) is 0 Å². The van der Waals surface area contributed by atoms with Gasteiger partial charge >= 0.3 is 166 Å². The van der Waals surface area contributed by atoms with Crippen LogP contribution in [-0.2, 0) is 38.4 Å². The van der Waals surface area contributed by atoms with Gasteiger partial charge in [0.25, 0.3) is 0 Å². The Morgan fingerprint density at radius 1 is 0.271 bits per heavy atom. The van der Waals surface area contributed by atoms with Crippen molar-refractivity contribution in [2.24, 2.45) is 0 Å². The first-order valence-electron chi connectivity index (χ1n) is 11.0. The van der Waals surface area contributed by atoms with Crippen LogP contribution >= 0.6 is 0 Å². The van der Waals surface area contributed by atoms with Crippen molar-refractivity contribution >= 4 is 166 Å². The van der Waals surface area contributed by atoms with E-state index in [0.717, 1.165) is 19.6 Å². The first-order valence-corrected chi connectivity index (χ1v) is 11.0. The van der Waals surface area contributed by atoms with E-state index in [1.54, 1.807) is 0 Å². The molecule has 24 nitrogen and oxygen atoms in total. The number of aliphatic carboxylic acids is 8. The molecule has 0 saturated heterocycles. The standard InChI is InChI=1S/2C10H16N2O8.4H3N.4Na.4H/c2*13-7(14)3-11(4-8(15)16)1-2-12(5-9(17)18)6-10(19)20;;;;;;;;;;;;/h2*1-6H2,(H,13,14)(H,15,16)(H,17,18)(H,19,20);4*1H3;;;;;;;;. The average molecular weight is 749 g/mol. The molecule has 0 rings (SSSR count). The minimum absolute atomic E-state index is 0. The summed E-state index contributed by atoms with van der Waals surface area (Å²) in [6.45, 7) is -4.50. The van der Waals surface area contributed by atoms with Crippen LogP contribution in [0.1, 0.15) is 0 Å². The zero-order valence-electron chi connectivity index (χ0n) is 23.9. The molecule has 28 heteroatoms. The summed E-state index contributed by atoms with van der Waals surface area (Å²) in [5.74, 6) is -9.82. The predicted molar refractivity (Wildman–Crippen MR) is 176 cm³/mol. The van der Waals surface area contributed by atoms with Gasteiger partial charge in [-0.15, -0.1) is 0 Å². The molecule has 0 atom stereocenters. The zero-order valence-corrected chi connectivity index (χ0v) is 23.9. The Kier molecular flexibility index (Phi) is 64.8. The molecule has 0 amide bonds. The molecule has 48 heavy (non-hydrogen) atoms. The van der Waals surface area contributed by atoms with Gasteiger partial charge in [0.05, 0.1) is 52.4 Å². The third-order valence-electron chi connectivity index (χ3n) is 4.34. The second kappa shape index (κ2) is 42.6. The van der Waals surface area contributed by atoms with Crippen LogP contribution in [-0.4, -0.2) is 305 Å². The molecule has 0 aliphatic carbocycles. The Hall–Kier alpha value is -0.560. The molecule has 0 saturated carbocycles. The SMILES string of the molecule is N.N.N.N.O=C(O)CN(CCN(CC(=O)O)CC(=O)O)CC(=O)O.O=C(O)CN(CCN(CC(=O)O)CC(=O)O)CC(=O)O.[NaH].[NaH].[NaH].[NaH]. The number of carboxylic acids is 8. The molecule has 0 aliphatic heterocycles. The van der Waals surface area contributed by atoms with Crippen LogP contribution < -0.4 is 24.6 Å². The Morgan fingerprint density at radius 2 is 0.354 bits per heavy atom. The van der Waals surface area contributed by atoms with Crippen LogP contribution in [0, 0.1) is 0 Å². The topological polar surface area (TPSA) is 451 Å². The van der Waals surface area contributed by atoms with Crippen LogP contribution in [0.5, 0.6) is 0 Å². The Labute approximate surface area is 364 Å². The van der Waals surface area contributed by atoms with E-state index in [0.29, 0.717) is 0 Å². The Balaban J connectivity index is -0.0000000645. The van der Waals surface area contributed by atoms with Gasteiger partial charge in [-0.05, 0) is 0 Å². The fourth-order valence-corrected chi connectivity index (χ4v) is 2.95.